The van der Waals surface area contributed by atoms with Gasteiger partial charge in [0.05, 0.1) is 5.60 Å². The standard InChI is InChI=1S/C15H29N3O2/c1-2-18-10-5-13(6-11-18)4-9-16-14(19)17-12-15(20)7-3-8-15/h13,20H,2-12H2,1H3,(H2,16,17,19). The highest BCUT2D eigenvalue weighted by atomic mass is 16.3. The maximum absolute atomic E-state index is 11.6. The van der Waals surface area contributed by atoms with Crippen molar-refractivity contribution in [3.63, 3.8) is 0 Å². The van der Waals surface area contributed by atoms with Crippen molar-refractivity contribution < 1.29 is 9.90 Å². The molecular formula is C15H29N3O2. The summed E-state index contributed by atoms with van der Waals surface area (Å²) >= 11 is 0. The number of likely N-dealkylation sites (tertiary alicyclic amines) is 1. The van der Waals surface area contributed by atoms with Gasteiger partial charge in [-0.2, -0.15) is 0 Å². The van der Waals surface area contributed by atoms with E-state index in [1.54, 1.807) is 0 Å². The minimum atomic E-state index is -0.635. The molecule has 1 aliphatic carbocycles. The average molecular weight is 283 g/mol. The fourth-order valence-corrected chi connectivity index (χ4v) is 3.05. The summed E-state index contributed by atoms with van der Waals surface area (Å²) in [6, 6.07) is -0.142. The zero-order valence-corrected chi connectivity index (χ0v) is 12.7. The van der Waals surface area contributed by atoms with Gasteiger partial charge in [-0.3, -0.25) is 0 Å². The lowest BCUT2D eigenvalue weighted by Gasteiger charge is -2.36. The van der Waals surface area contributed by atoms with Crippen LogP contribution in [0.1, 0.15) is 45.4 Å². The van der Waals surface area contributed by atoms with Crippen LogP contribution in [0.25, 0.3) is 0 Å². The van der Waals surface area contributed by atoms with Crippen LogP contribution in [0.2, 0.25) is 0 Å². The minimum Gasteiger partial charge on any atom is -0.388 e. The number of aliphatic hydroxyl groups is 1. The van der Waals surface area contributed by atoms with Crippen molar-refractivity contribution in [2.24, 2.45) is 5.92 Å². The van der Waals surface area contributed by atoms with Crippen LogP contribution >= 0.6 is 0 Å². The van der Waals surface area contributed by atoms with E-state index < -0.39 is 5.60 Å². The Balaban J connectivity index is 1.51. The summed E-state index contributed by atoms with van der Waals surface area (Å²) < 4.78 is 0. The molecule has 1 aliphatic heterocycles. The average Bonchev–Trinajstić information content (AvgIpc) is 2.44. The number of piperidine rings is 1. The highest BCUT2D eigenvalue weighted by Gasteiger charge is 2.34. The van der Waals surface area contributed by atoms with Gasteiger partial charge in [0.2, 0.25) is 0 Å². The number of rotatable bonds is 6. The van der Waals surface area contributed by atoms with Gasteiger partial charge in [-0.05, 0) is 64.1 Å². The van der Waals surface area contributed by atoms with E-state index in [0.717, 1.165) is 44.7 Å². The van der Waals surface area contributed by atoms with Gasteiger partial charge >= 0.3 is 6.03 Å². The summed E-state index contributed by atoms with van der Waals surface area (Å²) in [6.45, 7) is 6.87. The van der Waals surface area contributed by atoms with Crippen LogP contribution in [0.3, 0.4) is 0 Å². The second-order valence-electron chi connectivity index (χ2n) is 6.35. The summed E-state index contributed by atoms with van der Waals surface area (Å²) in [5.41, 5.74) is -0.635. The summed E-state index contributed by atoms with van der Waals surface area (Å²) in [5.74, 6) is 0.744. The first-order valence-corrected chi connectivity index (χ1v) is 8.08. The van der Waals surface area contributed by atoms with Crippen molar-refractivity contribution in [2.45, 2.75) is 51.0 Å². The molecule has 0 unspecified atom stereocenters. The summed E-state index contributed by atoms with van der Waals surface area (Å²) in [7, 11) is 0. The van der Waals surface area contributed by atoms with E-state index >= 15 is 0 Å². The molecule has 5 heteroatoms. The van der Waals surface area contributed by atoms with E-state index in [-0.39, 0.29) is 6.03 Å². The number of nitrogens with one attached hydrogen (secondary N) is 2. The summed E-state index contributed by atoms with van der Waals surface area (Å²) in [6.07, 6.45) is 6.24. The molecule has 0 spiro atoms. The van der Waals surface area contributed by atoms with E-state index in [2.05, 4.69) is 22.5 Å². The molecule has 2 amide bonds. The molecule has 0 aromatic carbocycles. The molecule has 0 radical (unpaired) electrons. The highest BCUT2D eigenvalue weighted by molar-refractivity contribution is 5.73. The third-order valence-corrected chi connectivity index (χ3v) is 4.85. The maximum atomic E-state index is 11.6. The maximum Gasteiger partial charge on any atom is 0.314 e. The number of carbonyl (C=O) groups is 1. The first kappa shape index (κ1) is 15.6. The third kappa shape index (κ3) is 4.63. The molecule has 1 heterocycles. The van der Waals surface area contributed by atoms with E-state index in [0.29, 0.717) is 6.54 Å². The van der Waals surface area contributed by atoms with Crippen LogP contribution in [0.5, 0.6) is 0 Å². The van der Waals surface area contributed by atoms with Crippen LogP contribution < -0.4 is 10.6 Å². The van der Waals surface area contributed by atoms with Gasteiger partial charge in [0.15, 0.2) is 0 Å². The lowest BCUT2D eigenvalue weighted by atomic mass is 9.80. The van der Waals surface area contributed by atoms with Crippen molar-refractivity contribution in [2.75, 3.05) is 32.7 Å². The quantitative estimate of drug-likeness (QED) is 0.689. The Labute approximate surface area is 122 Å². The van der Waals surface area contributed by atoms with E-state index in [1.807, 2.05) is 0 Å². The fourth-order valence-electron chi connectivity index (χ4n) is 3.05. The lowest BCUT2D eigenvalue weighted by Crippen LogP contribution is -2.50. The normalized spacial score (nSPS) is 23.1. The Morgan fingerprint density at radius 2 is 2.00 bits per heavy atom. The molecule has 116 valence electrons. The van der Waals surface area contributed by atoms with Crippen molar-refractivity contribution in [1.29, 1.82) is 0 Å². The van der Waals surface area contributed by atoms with Gasteiger partial charge < -0.3 is 20.6 Å². The smallest absolute Gasteiger partial charge is 0.314 e. The molecule has 20 heavy (non-hydrogen) atoms. The minimum absolute atomic E-state index is 0.142. The second-order valence-corrected chi connectivity index (χ2v) is 6.35. The number of carbonyl (C=O) groups excluding carboxylic acids is 1. The number of urea groups is 1. The van der Waals surface area contributed by atoms with Gasteiger partial charge in [0, 0.05) is 13.1 Å². The zero-order chi connectivity index (χ0) is 14.4. The fraction of sp³-hybridized carbons (Fsp3) is 0.933. The second kappa shape index (κ2) is 7.27. The Hall–Kier alpha value is -0.810. The SMILES string of the molecule is CCN1CCC(CCNC(=O)NCC2(O)CCC2)CC1. The Bertz CT molecular complexity index is 310. The van der Waals surface area contributed by atoms with Gasteiger partial charge in [-0.25, -0.2) is 4.79 Å². The first-order chi connectivity index (χ1) is 9.61. The van der Waals surface area contributed by atoms with E-state index in [4.69, 9.17) is 0 Å². The third-order valence-electron chi connectivity index (χ3n) is 4.85. The van der Waals surface area contributed by atoms with Crippen molar-refractivity contribution >= 4 is 6.03 Å². The van der Waals surface area contributed by atoms with Crippen molar-refractivity contribution in [3.8, 4) is 0 Å². The topological polar surface area (TPSA) is 64.6 Å². The predicted molar refractivity (Wildman–Crippen MR) is 79.7 cm³/mol. The van der Waals surface area contributed by atoms with Gasteiger partial charge in [-0.1, -0.05) is 6.92 Å². The molecular weight excluding hydrogens is 254 g/mol. The molecule has 0 atom stereocenters. The molecule has 3 N–H and O–H groups in total. The summed E-state index contributed by atoms with van der Waals surface area (Å²) in [5, 5.41) is 15.6. The van der Waals surface area contributed by atoms with Crippen molar-refractivity contribution in [1.82, 2.24) is 15.5 Å². The van der Waals surface area contributed by atoms with E-state index in [9.17, 15) is 9.90 Å². The molecule has 0 aromatic rings. The highest BCUT2D eigenvalue weighted by Crippen LogP contribution is 2.30. The Morgan fingerprint density at radius 3 is 2.55 bits per heavy atom. The Kier molecular flexibility index (Phi) is 5.66. The van der Waals surface area contributed by atoms with Crippen LogP contribution in [-0.4, -0.2) is 54.4 Å². The lowest BCUT2D eigenvalue weighted by molar-refractivity contribution is -0.0290. The van der Waals surface area contributed by atoms with Crippen molar-refractivity contribution in [3.05, 3.63) is 0 Å². The molecule has 2 rings (SSSR count). The number of amides is 2. The molecule has 2 fully saturated rings. The Morgan fingerprint density at radius 1 is 1.30 bits per heavy atom. The number of hydrogen-bond donors (Lipinski definition) is 3. The first-order valence-electron chi connectivity index (χ1n) is 8.08. The molecule has 1 saturated carbocycles. The van der Waals surface area contributed by atoms with Gasteiger partial charge in [0.25, 0.3) is 0 Å². The molecule has 1 saturated heterocycles. The zero-order valence-electron chi connectivity index (χ0n) is 12.7. The monoisotopic (exact) mass is 283 g/mol. The van der Waals surface area contributed by atoms with Crippen LogP contribution in [0.4, 0.5) is 4.79 Å². The van der Waals surface area contributed by atoms with Crippen LogP contribution in [-0.2, 0) is 0 Å². The van der Waals surface area contributed by atoms with Gasteiger partial charge in [0.1, 0.15) is 0 Å². The molecule has 5 nitrogen and oxygen atoms in total. The molecule has 0 bridgehead atoms. The predicted octanol–water partition coefficient (Wildman–Crippen LogP) is 1.32. The van der Waals surface area contributed by atoms with Crippen LogP contribution in [0, 0.1) is 5.92 Å². The molecule has 2 aliphatic rings. The molecule has 0 aromatic heterocycles. The number of hydrogen-bond acceptors (Lipinski definition) is 3. The van der Waals surface area contributed by atoms with Crippen LogP contribution in [0.15, 0.2) is 0 Å². The largest absolute Gasteiger partial charge is 0.388 e. The number of nitrogens with zero attached hydrogens (tertiary/aromatic N) is 1. The van der Waals surface area contributed by atoms with Gasteiger partial charge in [-0.15, -0.1) is 0 Å². The van der Waals surface area contributed by atoms with E-state index in [1.165, 1.54) is 25.9 Å². The summed E-state index contributed by atoms with van der Waals surface area (Å²) in [4.78, 5) is 14.1.